The summed E-state index contributed by atoms with van der Waals surface area (Å²) in [7, 11) is 0. The minimum absolute atomic E-state index is 0.0255. The number of amides is 1. The molecule has 0 spiro atoms. The van der Waals surface area contributed by atoms with Gasteiger partial charge in [-0.15, -0.1) is 0 Å². The van der Waals surface area contributed by atoms with E-state index in [0.29, 0.717) is 10.6 Å². The Morgan fingerprint density at radius 3 is 2.55 bits per heavy atom. The Hall–Kier alpha value is -2.87. The number of carboxylic acid groups (broad SMARTS) is 1. The Bertz CT molecular complexity index is 983. The molecule has 0 bridgehead atoms. The molecule has 3 rings (SSSR count). The molecular formula is C20H22ClN3O5. The zero-order valence-corrected chi connectivity index (χ0v) is 16.5. The van der Waals surface area contributed by atoms with Gasteiger partial charge in [0.25, 0.3) is 11.5 Å². The Labute approximate surface area is 172 Å². The molecule has 1 aromatic heterocycles. The van der Waals surface area contributed by atoms with E-state index < -0.39 is 35.3 Å². The molecule has 3 N–H and O–H groups in total. The van der Waals surface area contributed by atoms with Gasteiger partial charge < -0.3 is 15.5 Å². The third-order valence-electron chi connectivity index (χ3n) is 5.05. The van der Waals surface area contributed by atoms with Crippen LogP contribution in [0.4, 0.5) is 0 Å². The lowest BCUT2D eigenvalue weighted by molar-refractivity contribution is -0.135. The summed E-state index contributed by atoms with van der Waals surface area (Å²) in [4.78, 5) is 36.2. The first-order valence-electron chi connectivity index (χ1n) is 9.46. The molecule has 1 amide bonds. The lowest BCUT2D eigenvalue weighted by Gasteiger charge is -2.23. The van der Waals surface area contributed by atoms with Crippen LogP contribution in [0.25, 0.3) is 0 Å². The van der Waals surface area contributed by atoms with E-state index in [1.165, 1.54) is 0 Å². The summed E-state index contributed by atoms with van der Waals surface area (Å²) >= 11 is 6.20. The zero-order valence-electron chi connectivity index (χ0n) is 15.7. The summed E-state index contributed by atoms with van der Waals surface area (Å²) in [6.07, 6.45) is 4.61. The second kappa shape index (κ2) is 9.09. The van der Waals surface area contributed by atoms with Crippen molar-refractivity contribution in [2.75, 3.05) is 6.54 Å². The van der Waals surface area contributed by atoms with Gasteiger partial charge in [0.05, 0.1) is 6.54 Å². The molecule has 0 atom stereocenters. The van der Waals surface area contributed by atoms with Gasteiger partial charge >= 0.3 is 5.97 Å². The maximum absolute atomic E-state index is 12.9. The molecule has 0 aliphatic heterocycles. The summed E-state index contributed by atoms with van der Waals surface area (Å²) in [5.41, 5.74) is -0.364. The molecule has 9 heteroatoms. The normalized spacial score (nSPS) is 14.5. The number of carboxylic acids is 1. The van der Waals surface area contributed by atoms with E-state index in [0.717, 1.165) is 36.8 Å². The molecule has 1 heterocycles. The third-order valence-corrected chi connectivity index (χ3v) is 5.42. The minimum atomic E-state index is -1.25. The molecule has 0 unspecified atom stereocenters. The molecule has 1 aromatic carbocycles. The summed E-state index contributed by atoms with van der Waals surface area (Å²) in [6.45, 7) is -0.638. The highest BCUT2D eigenvalue weighted by Crippen LogP contribution is 2.36. The third kappa shape index (κ3) is 4.76. The van der Waals surface area contributed by atoms with E-state index in [-0.39, 0.29) is 18.2 Å². The molecular weight excluding hydrogens is 398 g/mol. The van der Waals surface area contributed by atoms with Crippen LogP contribution in [-0.4, -0.2) is 38.4 Å². The Morgan fingerprint density at radius 1 is 1.21 bits per heavy atom. The van der Waals surface area contributed by atoms with Crippen molar-refractivity contribution in [3.8, 4) is 5.75 Å². The quantitative estimate of drug-likeness (QED) is 0.661. The number of nitrogens with one attached hydrogen (secondary N) is 1. The SMILES string of the molecule is O=C(O)CNC(=O)c1c(O)c(C2CCCCC2)nn(Cc2ccccc2Cl)c1=O. The fourth-order valence-electron chi connectivity index (χ4n) is 3.58. The van der Waals surface area contributed by atoms with Crippen LogP contribution in [0.15, 0.2) is 29.1 Å². The topological polar surface area (TPSA) is 122 Å². The van der Waals surface area contributed by atoms with Crippen molar-refractivity contribution in [1.82, 2.24) is 15.1 Å². The molecule has 2 aromatic rings. The van der Waals surface area contributed by atoms with Gasteiger partial charge in [0.15, 0.2) is 5.75 Å². The molecule has 1 aliphatic rings. The van der Waals surface area contributed by atoms with E-state index in [9.17, 15) is 19.5 Å². The molecule has 1 aliphatic carbocycles. The smallest absolute Gasteiger partial charge is 0.322 e. The largest absolute Gasteiger partial charge is 0.505 e. The van der Waals surface area contributed by atoms with E-state index in [1.807, 2.05) is 0 Å². The molecule has 0 radical (unpaired) electrons. The number of hydrogen-bond donors (Lipinski definition) is 3. The average molecular weight is 420 g/mol. The number of aromatic nitrogens is 2. The Morgan fingerprint density at radius 2 is 1.90 bits per heavy atom. The van der Waals surface area contributed by atoms with Gasteiger partial charge in [0.2, 0.25) is 0 Å². The lowest BCUT2D eigenvalue weighted by atomic mass is 9.86. The average Bonchev–Trinajstić information content (AvgIpc) is 2.70. The highest BCUT2D eigenvalue weighted by atomic mass is 35.5. The molecule has 0 saturated heterocycles. The van der Waals surface area contributed by atoms with Gasteiger partial charge in [-0.3, -0.25) is 14.4 Å². The number of carbonyl (C=O) groups excluding carboxylic acids is 1. The first-order valence-corrected chi connectivity index (χ1v) is 9.83. The number of aromatic hydroxyl groups is 1. The van der Waals surface area contributed by atoms with Crippen molar-refractivity contribution in [2.45, 2.75) is 44.6 Å². The van der Waals surface area contributed by atoms with Crippen LogP contribution in [0.1, 0.15) is 59.6 Å². The molecule has 1 saturated carbocycles. The second-order valence-corrected chi connectivity index (χ2v) is 7.48. The number of benzene rings is 1. The predicted molar refractivity (Wildman–Crippen MR) is 107 cm³/mol. The van der Waals surface area contributed by atoms with Crippen molar-refractivity contribution in [3.63, 3.8) is 0 Å². The number of aliphatic carboxylic acids is 1. The van der Waals surface area contributed by atoms with Crippen LogP contribution < -0.4 is 10.9 Å². The molecule has 8 nitrogen and oxygen atoms in total. The number of rotatable bonds is 6. The maximum Gasteiger partial charge on any atom is 0.322 e. The van der Waals surface area contributed by atoms with Crippen molar-refractivity contribution >= 4 is 23.5 Å². The van der Waals surface area contributed by atoms with E-state index in [4.69, 9.17) is 16.7 Å². The molecule has 154 valence electrons. The first kappa shape index (κ1) is 20.9. The molecule has 1 fully saturated rings. The first-order chi connectivity index (χ1) is 13.9. The monoisotopic (exact) mass is 419 g/mol. The molecule has 29 heavy (non-hydrogen) atoms. The van der Waals surface area contributed by atoms with Crippen LogP contribution in [0.3, 0.4) is 0 Å². The van der Waals surface area contributed by atoms with Gasteiger partial charge in [0.1, 0.15) is 17.8 Å². The van der Waals surface area contributed by atoms with Crippen molar-refractivity contribution < 1.29 is 19.8 Å². The fourth-order valence-corrected chi connectivity index (χ4v) is 3.77. The van der Waals surface area contributed by atoms with Gasteiger partial charge in [-0.05, 0) is 24.5 Å². The van der Waals surface area contributed by atoms with Crippen LogP contribution in [0, 0.1) is 0 Å². The van der Waals surface area contributed by atoms with Crippen LogP contribution in [0.5, 0.6) is 5.75 Å². The van der Waals surface area contributed by atoms with E-state index >= 15 is 0 Å². The number of hydrogen-bond acceptors (Lipinski definition) is 5. The maximum atomic E-state index is 12.9. The van der Waals surface area contributed by atoms with Gasteiger partial charge in [-0.1, -0.05) is 49.1 Å². The fraction of sp³-hybridized carbons (Fsp3) is 0.400. The summed E-state index contributed by atoms with van der Waals surface area (Å²) in [5.74, 6) is -2.74. The van der Waals surface area contributed by atoms with Crippen LogP contribution >= 0.6 is 11.6 Å². The predicted octanol–water partition coefficient (Wildman–Crippen LogP) is 2.51. The highest BCUT2D eigenvalue weighted by molar-refractivity contribution is 6.31. The van der Waals surface area contributed by atoms with Gasteiger partial charge in [0, 0.05) is 10.9 Å². The number of halogens is 1. The van der Waals surface area contributed by atoms with Gasteiger partial charge in [-0.2, -0.15) is 5.10 Å². The Balaban J connectivity index is 2.08. The number of carbonyl (C=O) groups is 2. The second-order valence-electron chi connectivity index (χ2n) is 7.07. The summed E-state index contributed by atoms with van der Waals surface area (Å²) < 4.78 is 1.11. The van der Waals surface area contributed by atoms with Crippen LogP contribution in [0.2, 0.25) is 5.02 Å². The van der Waals surface area contributed by atoms with Crippen molar-refractivity contribution in [3.05, 3.63) is 56.5 Å². The van der Waals surface area contributed by atoms with Gasteiger partial charge in [-0.25, -0.2) is 4.68 Å². The van der Waals surface area contributed by atoms with E-state index in [2.05, 4.69) is 10.4 Å². The highest BCUT2D eigenvalue weighted by Gasteiger charge is 2.28. The minimum Gasteiger partial charge on any atom is -0.505 e. The summed E-state index contributed by atoms with van der Waals surface area (Å²) in [6, 6.07) is 6.96. The van der Waals surface area contributed by atoms with Crippen LogP contribution in [-0.2, 0) is 11.3 Å². The Kier molecular flexibility index (Phi) is 6.53. The lowest BCUT2D eigenvalue weighted by Crippen LogP contribution is -2.37. The van der Waals surface area contributed by atoms with Crippen molar-refractivity contribution in [1.29, 1.82) is 0 Å². The van der Waals surface area contributed by atoms with Crippen molar-refractivity contribution in [2.24, 2.45) is 0 Å². The van der Waals surface area contributed by atoms with E-state index in [1.54, 1.807) is 24.3 Å². The number of nitrogens with zero attached hydrogens (tertiary/aromatic N) is 2. The standard InChI is InChI=1S/C20H22ClN3O5/c21-14-9-5-4-8-13(14)11-24-20(29)16(19(28)22-10-15(25)26)18(27)17(23-24)12-6-2-1-3-7-12/h4-5,8-9,12,27H,1-3,6-7,10-11H2,(H,22,28)(H,25,26). The zero-order chi connectivity index (χ0) is 21.0. The summed E-state index contributed by atoms with van der Waals surface area (Å²) in [5, 5.41) is 26.5.